The second kappa shape index (κ2) is 8.18. The number of amides is 4. The minimum Gasteiger partial charge on any atom is -0.358 e. The summed E-state index contributed by atoms with van der Waals surface area (Å²) in [7, 11) is 0. The smallest absolute Gasteiger partial charge is 0.317 e. The Bertz CT molecular complexity index is 676. The largest absolute Gasteiger partial charge is 0.358 e. The van der Waals surface area contributed by atoms with Crippen LogP contribution in [-0.2, 0) is 9.53 Å². The molecule has 2 fully saturated rings. The van der Waals surface area contributed by atoms with E-state index in [1.54, 1.807) is 12.1 Å². The van der Waals surface area contributed by atoms with Crippen molar-refractivity contribution in [3.8, 4) is 0 Å². The first-order valence-electron chi connectivity index (χ1n) is 8.86. The van der Waals surface area contributed by atoms with Gasteiger partial charge in [-0.3, -0.25) is 9.59 Å². The Kier molecular flexibility index (Phi) is 5.72. The molecule has 2 heterocycles. The quantitative estimate of drug-likeness (QED) is 0.579. The normalized spacial score (nSPS) is 24.7. The summed E-state index contributed by atoms with van der Waals surface area (Å²) in [6, 6.07) is 6.85. The Labute approximate surface area is 152 Å². The molecular weight excluding hydrogens is 336 g/mol. The van der Waals surface area contributed by atoms with Crippen molar-refractivity contribution in [1.29, 1.82) is 0 Å². The first-order chi connectivity index (χ1) is 12.5. The van der Waals surface area contributed by atoms with Gasteiger partial charge in [0.2, 0.25) is 5.91 Å². The van der Waals surface area contributed by atoms with Crippen LogP contribution in [0.2, 0.25) is 0 Å². The molecule has 0 spiro atoms. The topological polar surface area (TPSA) is 109 Å². The summed E-state index contributed by atoms with van der Waals surface area (Å²) in [5.74, 6) is -0.161. The molecule has 140 valence electrons. The molecule has 0 aromatic heterocycles. The maximum Gasteiger partial charge on any atom is 0.317 e. The minimum atomic E-state index is -0.265. The molecular formula is C18H24N4O4. The molecule has 4 N–H and O–H groups in total. The van der Waals surface area contributed by atoms with E-state index >= 15 is 0 Å². The van der Waals surface area contributed by atoms with Gasteiger partial charge in [0.25, 0.3) is 5.91 Å². The van der Waals surface area contributed by atoms with Gasteiger partial charge in [-0.05, 0) is 30.5 Å². The van der Waals surface area contributed by atoms with Crippen molar-refractivity contribution < 1.29 is 19.1 Å². The summed E-state index contributed by atoms with van der Waals surface area (Å²) in [6.07, 6.45) is 1.66. The van der Waals surface area contributed by atoms with Crippen LogP contribution in [0.15, 0.2) is 24.3 Å². The average molecular weight is 360 g/mol. The maximum atomic E-state index is 12.1. The van der Waals surface area contributed by atoms with E-state index in [1.807, 2.05) is 12.1 Å². The van der Waals surface area contributed by atoms with Crippen molar-refractivity contribution in [2.24, 2.45) is 5.92 Å². The zero-order valence-electron chi connectivity index (χ0n) is 14.7. The molecule has 0 radical (unpaired) electrons. The molecule has 1 aromatic rings. The Morgan fingerprint density at radius 1 is 1.15 bits per heavy atom. The van der Waals surface area contributed by atoms with Crippen molar-refractivity contribution in [2.45, 2.75) is 32.0 Å². The van der Waals surface area contributed by atoms with E-state index in [4.69, 9.17) is 4.74 Å². The van der Waals surface area contributed by atoms with Crippen LogP contribution in [0.4, 0.5) is 4.79 Å². The molecule has 2 aliphatic heterocycles. The van der Waals surface area contributed by atoms with Crippen LogP contribution < -0.4 is 21.3 Å². The zero-order valence-corrected chi connectivity index (χ0v) is 14.7. The standard InChI is InChI=1S/C18H24N4O4/c1-11(23)19-8-9-20-16(24)13-6-4-12(5-7-13)15-14-3-2-10-26-17(14)22-18(25)21-15/h4-7,14-15,17H,2-3,8-10H2,1H3,(H,19,23)(H,20,24)(H2,21,22,25)/t14-,15-,17-/m0/s1. The fourth-order valence-corrected chi connectivity index (χ4v) is 3.40. The number of benzene rings is 1. The van der Waals surface area contributed by atoms with Crippen LogP contribution in [0.5, 0.6) is 0 Å². The van der Waals surface area contributed by atoms with Gasteiger partial charge < -0.3 is 26.0 Å². The lowest BCUT2D eigenvalue weighted by Gasteiger charge is -2.41. The van der Waals surface area contributed by atoms with Gasteiger partial charge in [-0.2, -0.15) is 0 Å². The van der Waals surface area contributed by atoms with Crippen LogP contribution in [-0.4, -0.2) is 43.8 Å². The lowest BCUT2D eigenvalue weighted by Crippen LogP contribution is -2.58. The van der Waals surface area contributed by atoms with Gasteiger partial charge in [0, 0.05) is 38.1 Å². The minimum absolute atomic E-state index is 0.127. The van der Waals surface area contributed by atoms with Crippen molar-refractivity contribution in [2.75, 3.05) is 19.7 Å². The molecule has 4 amide bonds. The molecule has 8 heteroatoms. The highest BCUT2D eigenvalue weighted by atomic mass is 16.5. The van der Waals surface area contributed by atoms with Gasteiger partial charge in [0.1, 0.15) is 6.23 Å². The third kappa shape index (κ3) is 4.32. The average Bonchev–Trinajstić information content (AvgIpc) is 2.64. The maximum absolute atomic E-state index is 12.1. The number of urea groups is 1. The van der Waals surface area contributed by atoms with Gasteiger partial charge in [0.05, 0.1) is 6.04 Å². The fraction of sp³-hybridized carbons (Fsp3) is 0.500. The van der Waals surface area contributed by atoms with Gasteiger partial charge >= 0.3 is 6.03 Å². The van der Waals surface area contributed by atoms with Crippen molar-refractivity contribution in [3.05, 3.63) is 35.4 Å². The van der Waals surface area contributed by atoms with Crippen LogP contribution in [0.25, 0.3) is 0 Å². The highest BCUT2D eigenvalue weighted by Gasteiger charge is 2.39. The SMILES string of the molecule is CC(=O)NCCNC(=O)c1ccc([C@@H]2NC(=O)N[C@H]3OCCC[C@H]32)cc1. The number of carbonyl (C=O) groups is 3. The van der Waals surface area contributed by atoms with Crippen molar-refractivity contribution in [1.82, 2.24) is 21.3 Å². The molecule has 0 aliphatic carbocycles. The molecule has 0 saturated carbocycles. The highest BCUT2D eigenvalue weighted by molar-refractivity contribution is 5.94. The van der Waals surface area contributed by atoms with Gasteiger partial charge in [-0.25, -0.2) is 4.79 Å². The van der Waals surface area contributed by atoms with Crippen molar-refractivity contribution in [3.63, 3.8) is 0 Å². The van der Waals surface area contributed by atoms with Gasteiger partial charge in [-0.1, -0.05) is 12.1 Å². The van der Waals surface area contributed by atoms with Gasteiger partial charge in [0.15, 0.2) is 0 Å². The number of hydrogen-bond acceptors (Lipinski definition) is 4. The number of ether oxygens (including phenoxy) is 1. The molecule has 1 aromatic carbocycles. The molecule has 3 rings (SSSR count). The Morgan fingerprint density at radius 2 is 1.88 bits per heavy atom. The third-order valence-electron chi connectivity index (χ3n) is 4.67. The van der Waals surface area contributed by atoms with E-state index in [2.05, 4.69) is 21.3 Å². The van der Waals surface area contributed by atoms with Crippen LogP contribution in [0.1, 0.15) is 41.7 Å². The highest BCUT2D eigenvalue weighted by Crippen LogP contribution is 2.34. The predicted molar refractivity (Wildman–Crippen MR) is 94.3 cm³/mol. The van der Waals surface area contributed by atoms with E-state index in [-0.39, 0.29) is 36.0 Å². The molecule has 0 unspecified atom stereocenters. The number of fused-ring (bicyclic) bond motifs is 1. The summed E-state index contributed by atoms with van der Waals surface area (Å²) in [6.45, 7) is 2.85. The van der Waals surface area contributed by atoms with E-state index in [0.29, 0.717) is 25.3 Å². The van der Waals surface area contributed by atoms with E-state index < -0.39 is 0 Å². The predicted octanol–water partition coefficient (Wildman–Crippen LogP) is 0.659. The Balaban J connectivity index is 1.62. The molecule has 2 aliphatic rings. The summed E-state index contributed by atoms with van der Waals surface area (Å²) in [5, 5.41) is 11.2. The Morgan fingerprint density at radius 3 is 2.62 bits per heavy atom. The monoisotopic (exact) mass is 360 g/mol. The molecule has 0 bridgehead atoms. The number of hydrogen-bond donors (Lipinski definition) is 4. The third-order valence-corrected chi connectivity index (χ3v) is 4.67. The van der Waals surface area contributed by atoms with E-state index in [9.17, 15) is 14.4 Å². The summed E-state index contributed by atoms with van der Waals surface area (Å²) in [4.78, 5) is 34.8. The molecule has 26 heavy (non-hydrogen) atoms. The summed E-state index contributed by atoms with van der Waals surface area (Å²) >= 11 is 0. The number of carbonyl (C=O) groups excluding carboxylic acids is 3. The van der Waals surface area contributed by atoms with Crippen LogP contribution in [0.3, 0.4) is 0 Å². The molecule has 8 nitrogen and oxygen atoms in total. The second-order valence-electron chi connectivity index (χ2n) is 6.55. The summed E-state index contributed by atoms with van der Waals surface area (Å²) < 4.78 is 5.67. The van der Waals surface area contributed by atoms with Crippen LogP contribution >= 0.6 is 0 Å². The van der Waals surface area contributed by atoms with E-state index in [0.717, 1.165) is 18.4 Å². The first-order valence-corrected chi connectivity index (χ1v) is 8.86. The van der Waals surface area contributed by atoms with Crippen molar-refractivity contribution >= 4 is 17.8 Å². The molecule has 2 saturated heterocycles. The second-order valence-corrected chi connectivity index (χ2v) is 6.55. The lowest BCUT2D eigenvalue weighted by molar-refractivity contribution is -0.118. The molecule has 3 atom stereocenters. The van der Waals surface area contributed by atoms with Gasteiger partial charge in [-0.15, -0.1) is 0 Å². The lowest BCUT2D eigenvalue weighted by atomic mass is 9.85. The first kappa shape index (κ1) is 18.2. The Hall–Kier alpha value is -2.61. The zero-order chi connectivity index (χ0) is 18.5. The number of nitrogens with one attached hydrogen (secondary N) is 4. The van der Waals surface area contributed by atoms with E-state index in [1.165, 1.54) is 6.92 Å². The van der Waals surface area contributed by atoms with Crippen LogP contribution in [0, 0.1) is 5.92 Å². The fourth-order valence-electron chi connectivity index (χ4n) is 3.40. The summed E-state index contributed by atoms with van der Waals surface area (Å²) in [5.41, 5.74) is 1.49. The number of rotatable bonds is 5.